The zero-order chi connectivity index (χ0) is 23.1. The smallest absolute Gasteiger partial charge is 0.266 e. The van der Waals surface area contributed by atoms with Crippen molar-refractivity contribution in [3.63, 3.8) is 0 Å². The largest absolute Gasteiger partial charge is 0.297 e. The van der Waals surface area contributed by atoms with E-state index in [4.69, 9.17) is 4.18 Å². The van der Waals surface area contributed by atoms with E-state index >= 15 is 0 Å². The Labute approximate surface area is 185 Å². The number of hydrogen-bond donors (Lipinski definition) is 0. The fourth-order valence-corrected chi connectivity index (χ4v) is 4.98. The zero-order valence-corrected chi connectivity index (χ0v) is 21.2. The minimum atomic E-state index is -3.83. The molecular formula is C26H42O3S. The van der Waals surface area contributed by atoms with Crippen molar-refractivity contribution in [3.8, 4) is 0 Å². The van der Waals surface area contributed by atoms with Gasteiger partial charge in [-0.15, -0.1) is 0 Å². The fraction of sp³-hybridized carbons (Fsp3) is 0.615. The molecule has 0 saturated heterocycles. The van der Waals surface area contributed by atoms with Gasteiger partial charge in [-0.1, -0.05) is 91.8 Å². The van der Waals surface area contributed by atoms with Gasteiger partial charge >= 0.3 is 0 Å². The molecular weight excluding hydrogens is 392 g/mol. The lowest BCUT2D eigenvalue weighted by molar-refractivity contribution is 0.270. The topological polar surface area (TPSA) is 43.4 Å². The van der Waals surface area contributed by atoms with Crippen LogP contribution in [0.3, 0.4) is 0 Å². The molecule has 3 nitrogen and oxygen atoms in total. The SMILES string of the molecule is CC=CC=CC(C)C(C)CCOS(=O)(=O)c1c(C(C)C)cc(C(C)C)cc1C(C)C. The second kappa shape index (κ2) is 11.9. The summed E-state index contributed by atoms with van der Waals surface area (Å²) >= 11 is 0. The highest BCUT2D eigenvalue weighted by atomic mass is 32.2. The van der Waals surface area contributed by atoms with Crippen LogP contribution in [0.4, 0.5) is 0 Å². The van der Waals surface area contributed by atoms with Gasteiger partial charge in [0.05, 0.1) is 6.61 Å². The van der Waals surface area contributed by atoms with Crippen LogP contribution in [0.15, 0.2) is 41.3 Å². The van der Waals surface area contributed by atoms with E-state index in [2.05, 4.69) is 33.8 Å². The second-order valence-electron chi connectivity index (χ2n) is 9.30. The van der Waals surface area contributed by atoms with Gasteiger partial charge in [0.2, 0.25) is 0 Å². The summed E-state index contributed by atoms with van der Waals surface area (Å²) in [4.78, 5) is 0.380. The van der Waals surface area contributed by atoms with E-state index in [1.165, 1.54) is 5.56 Å². The van der Waals surface area contributed by atoms with Crippen molar-refractivity contribution in [2.75, 3.05) is 6.61 Å². The van der Waals surface area contributed by atoms with Gasteiger partial charge < -0.3 is 0 Å². The van der Waals surface area contributed by atoms with Crippen LogP contribution in [0.2, 0.25) is 0 Å². The summed E-state index contributed by atoms with van der Waals surface area (Å²) in [7, 11) is -3.83. The highest BCUT2D eigenvalue weighted by Crippen LogP contribution is 2.36. The summed E-state index contributed by atoms with van der Waals surface area (Å²) in [6.45, 7) is 18.9. The van der Waals surface area contributed by atoms with Crippen molar-refractivity contribution in [2.45, 2.75) is 91.4 Å². The first-order valence-corrected chi connectivity index (χ1v) is 12.7. The van der Waals surface area contributed by atoms with E-state index in [-0.39, 0.29) is 18.4 Å². The Bertz CT molecular complexity index is 801. The molecule has 1 aromatic rings. The van der Waals surface area contributed by atoms with E-state index in [1.54, 1.807) is 0 Å². The predicted molar refractivity (Wildman–Crippen MR) is 129 cm³/mol. The monoisotopic (exact) mass is 434 g/mol. The number of hydrogen-bond acceptors (Lipinski definition) is 3. The van der Waals surface area contributed by atoms with Crippen molar-refractivity contribution in [3.05, 3.63) is 53.1 Å². The van der Waals surface area contributed by atoms with Crippen LogP contribution in [0.5, 0.6) is 0 Å². The maximum Gasteiger partial charge on any atom is 0.297 e. The van der Waals surface area contributed by atoms with Gasteiger partial charge in [-0.25, -0.2) is 0 Å². The molecule has 0 aliphatic carbocycles. The lowest BCUT2D eigenvalue weighted by Crippen LogP contribution is -2.17. The van der Waals surface area contributed by atoms with Gasteiger partial charge in [-0.05, 0) is 59.6 Å². The molecule has 1 rings (SSSR count). The van der Waals surface area contributed by atoms with Gasteiger partial charge in [0.15, 0.2) is 0 Å². The van der Waals surface area contributed by atoms with Gasteiger partial charge in [0.1, 0.15) is 4.90 Å². The minimum absolute atomic E-state index is 0.102. The summed E-state index contributed by atoms with van der Waals surface area (Å²) < 4.78 is 32.1. The summed E-state index contributed by atoms with van der Waals surface area (Å²) in [6, 6.07) is 4.10. The van der Waals surface area contributed by atoms with Crippen LogP contribution in [0, 0.1) is 11.8 Å². The normalized spacial score (nSPS) is 15.2. The third-order valence-corrected chi connectivity index (χ3v) is 7.21. The Balaban J connectivity index is 3.14. The molecule has 0 amide bonds. The van der Waals surface area contributed by atoms with E-state index in [9.17, 15) is 8.42 Å². The van der Waals surface area contributed by atoms with Crippen LogP contribution >= 0.6 is 0 Å². The number of benzene rings is 1. The molecule has 2 atom stereocenters. The third-order valence-electron chi connectivity index (χ3n) is 5.76. The molecule has 0 spiro atoms. The molecule has 0 radical (unpaired) electrons. The fourth-order valence-electron chi connectivity index (χ4n) is 3.38. The lowest BCUT2D eigenvalue weighted by atomic mass is 9.89. The van der Waals surface area contributed by atoms with E-state index in [1.807, 2.05) is 65.0 Å². The summed E-state index contributed by atoms with van der Waals surface area (Å²) in [5.41, 5.74) is 2.90. The molecule has 0 fully saturated rings. The van der Waals surface area contributed by atoms with E-state index < -0.39 is 10.1 Å². The van der Waals surface area contributed by atoms with Crippen molar-refractivity contribution < 1.29 is 12.6 Å². The Kier molecular flexibility index (Phi) is 10.5. The number of allylic oxidation sites excluding steroid dienone is 4. The van der Waals surface area contributed by atoms with Gasteiger partial charge in [0, 0.05) is 0 Å². The van der Waals surface area contributed by atoms with Crippen molar-refractivity contribution in [1.82, 2.24) is 0 Å². The van der Waals surface area contributed by atoms with Crippen molar-refractivity contribution >= 4 is 10.1 Å². The third kappa shape index (κ3) is 7.39. The highest BCUT2D eigenvalue weighted by molar-refractivity contribution is 7.86. The van der Waals surface area contributed by atoms with Crippen LogP contribution in [-0.2, 0) is 14.3 Å². The number of rotatable bonds is 11. The Morgan fingerprint density at radius 3 is 1.83 bits per heavy atom. The van der Waals surface area contributed by atoms with E-state index in [0.29, 0.717) is 29.1 Å². The molecule has 1 aromatic carbocycles. The molecule has 0 aromatic heterocycles. The average molecular weight is 435 g/mol. The average Bonchev–Trinajstić information content (AvgIpc) is 2.66. The van der Waals surface area contributed by atoms with E-state index in [0.717, 1.165) is 11.1 Å². The Hall–Kier alpha value is -1.39. The Morgan fingerprint density at radius 2 is 1.40 bits per heavy atom. The lowest BCUT2D eigenvalue weighted by Gasteiger charge is -2.23. The molecule has 0 heterocycles. The van der Waals surface area contributed by atoms with Crippen LogP contribution in [-0.4, -0.2) is 15.0 Å². The predicted octanol–water partition coefficient (Wildman–Crippen LogP) is 7.56. The molecule has 4 heteroatoms. The highest BCUT2D eigenvalue weighted by Gasteiger charge is 2.28. The van der Waals surface area contributed by atoms with Gasteiger partial charge in [-0.3, -0.25) is 4.18 Å². The summed E-state index contributed by atoms with van der Waals surface area (Å²) in [6.07, 6.45) is 8.88. The first-order valence-electron chi connectivity index (χ1n) is 11.3. The zero-order valence-electron chi connectivity index (χ0n) is 20.4. The Morgan fingerprint density at radius 1 is 0.867 bits per heavy atom. The maximum atomic E-state index is 13.3. The molecule has 0 N–H and O–H groups in total. The molecule has 0 bridgehead atoms. The molecule has 0 saturated carbocycles. The first kappa shape index (κ1) is 26.6. The standard InChI is InChI=1S/C26H42O3S/c1-10-11-12-13-21(8)22(9)14-15-29-30(27,28)26-24(19(4)5)16-23(18(2)3)17-25(26)20(6)7/h10-13,16-22H,14-15H2,1-9H3. The summed E-state index contributed by atoms with van der Waals surface area (Å²) in [5, 5.41) is 0. The van der Waals surface area contributed by atoms with Crippen LogP contribution < -0.4 is 0 Å². The van der Waals surface area contributed by atoms with Crippen molar-refractivity contribution in [2.24, 2.45) is 11.8 Å². The molecule has 0 aliphatic heterocycles. The van der Waals surface area contributed by atoms with Crippen molar-refractivity contribution in [1.29, 1.82) is 0 Å². The summed E-state index contributed by atoms with van der Waals surface area (Å²) in [5.74, 6) is 1.24. The first-order chi connectivity index (χ1) is 13.9. The van der Waals surface area contributed by atoms with Gasteiger partial charge in [-0.2, -0.15) is 8.42 Å². The maximum absolute atomic E-state index is 13.3. The van der Waals surface area contributed by atoms with Crippen LogP contribution in [0.1, 0.15) is 103 Å². The molecule has 0 aliphatic rings. The minimum Gasteiger partial charge on any atom is -0.266 e. The molecule has 2 unspecified atom stereocenters. The van der Waals surface area contributed by atoms with Crippen LogP contribution in [0.25, 0.3) is 0 Å². The quantitative estimate of drug-likeness (QED) is 0.267. The van der Waals surface area contributed by atoms with Gasteiger partial charge in [0.25, 0.3) is 10.1 Å². The molecule has 30 heavy (non-hydrogen) atoms. The molecule has 170 valence electrons. The second-order valence-corrected chi connectivity index (χ2v) is 10.9.